The minimum Gasteiger partial charge on any atom is -0.459 e. The van der Waals surface area contributed by atoms with Gasteiger partial charge in [-0.2, -0.15) is 5.10 Å². The van der Waals surface area contributed by atoms with E-state index in [1.165, 1.54) is 12.1 Å². The molecule has 0 radical (unpaired) electrons. The van der Waals surface area contributed by atoms with Crippen molar-refractivity contribution in [3.63, 3.8) is 0 Å². The van der Waals surface area contributed by atoms with Crippen LogP contribution >= 0.6 is 11.6 Å². The van der Waals surface area contributed by atoms with Crippen LogP contribution < -0.4 is 10.9 Å². The highest BCUT2D eigenvalue weighted by atomic mass is 35.5. The van der Waals surface area contributed by atoms with E-state index in [1.54, 1.807) is 18.2 Å². The maximum atomic E-state index is 11.9. The monoisotopic (exact) mass is 329 g/mol. The molecule has 6 nitrogen and oxygen atoms in total. The third kappa shape index (κ3) is 3.67. The number of rotatable bonds is 4. The van der Waals surface area contributed by atoms with Gasteiger partial charge in [0, 0.05) is 16.7 Å². The topological polar surface area (TPSA) is 88.0 Å². The van der Waals surface area contributed by atoms with E-state index in [0.29, 0.717) is 16.5 Å². The molecule has 0 bridgehead atoms. The van der Waals surface area contributed by atoms with E-state index < -0.39 is 5.91 Å². The van der Waals surface area contributed by atoms with Gasteiger partial charge in [-0.05, 0) is 42.5 Å². The van der Waals surface area contributed by atoms with Gasteiger partial charge in [-0.1, -0.05) is 11.6 Å². The summed E-state index contributed by atoms with van der Waals surface area (Å²) >= 11 is 5.85. The molecule has 0 aliphatic heterocycles. The highest BCUT2D eigenvalue weighted by Gasteiger charge is 2.09. The van der Waals surface area contributed by atoms with Crippen molar-refractivity contribution in [1.82, 2.24) is 15.5 Å². The van der Waals surface area contributed by atoms with E-state index in [9.17, 15) is 9.59 Å². The Labute approximate surface area is 136 Å². The molecule has 2 aromatic heterocycles. The van der Waals surface area contributed by atoms with Gasteiger partial charge in [-0.3, -0.25) is 9.59 Å². The summed E-state index contributed by atoms with van der Waals surface area (Å²) in [5.41, 5.74) is 0.670. The number of hydrogen-bond acceptors (Lipinski definition) is 4. The van der Waals surface area contributed by atoms with Crippen LogP contribution in [-0.2, 0) is 6.54 Å². The first-order valence-electron chi connectivity index (χ1n) is 6.80. The number of nitrogens with one attached hydrogen (secondary N) is 2. The van der Waals surface area contributed by atoms with Gasteiger partial charge in [0.25, 0.3) is 11.5 Å². The molecule has 0 aliphatic carbocycles. The molecule has 0 saturated carbocycles. The number of carbonyl (C=O) groups is 1. The van der Waals surface area contributed by atoms with Crippen molar-refractivity contribution in [2.75, 3.05) is 0 Å². The largest absolute Gasteiger partial charge is 0.459 e. The lowest BCUT2D eigenvalue weighted by Gasteiger charge is -2.02. The number of halogens is 1. The van der Waals surface area contributed by atoms with Gasteiger partial charge in [-0.25, -0.2) is 5.10 Å². The predicted octanol–water partition coefficient (Wildman–Crippen LogP) is 2.61. The first-order valence-corrected chi connectivity index (χ1v) is 7.18. The molecular weight excluding hydrogens is 318 g/mol. The second kappa shape index (κ2) is 6.50. The fraction of sp³-hybridized carbons (Fsp3) is 0.0625. The van der Waals surface area contributed by atoms with Gasteiger partial charge in [0.1, 0.15) is 17.2 Å². The molecule has 0 atom stereocenters. The Kier molecular flexibility index (Phi) is 4.25. The number of nitrogens with zero attached hydrogens (tertiary/aromatic N) is 1. The van der Waals surface area contributed by atoms with Crippen molar-refractivity contribution in [3.8, 4) is 11.3 Å². The zero-order valence-electron chi connectivity index (χ0n) is 11.9. The SMILES string of the molecule is O=C(NCc1ccc(-c2ccc(Cl)cc2)o1)c1ccc(=O)[nH]n1. The Morgan fingerprint density at radius 2 is 1.91 bits per heavy atom. The fourth-order valence-corrected chi connectivity index (χ4v) is 2.10. The normalized spacial score (nSPS) is 10.5. The molecule has 0 fully saturated rings. The number of furan rings is 1. The zero-order chi connectivity index (χ0) is 16.2. The van der Waals surface area contributed by atoms with Gasteiger partial charge < -0.3 is 9.73 Å². The average Bonchev–Trinajstić information content (AvgIpc) is 3.03. The quantitative estimate of drug-likeness (QED) is 0.770. The summed E-state index contributed by atoms with van der Waals surface area (Å²) in [6, 6.07) is 13.5. The molecule has 116 valence electrons. The number of amides is 1. The van der Waals surface area contributed by atoms with Gasteiger partial charge >= 0.3 is 0 Å². The predicted molar refractivity (Wildman–Crippen MR) is 85.2 cm³/mol. The van der Waals surface area contributed by atoms with Crippen LogP contribution in [0.5, 0.6) is 0 Å². The second-order valence-corrected chi connectivity index (χ2v) is 5.20. The van der Waals surface area contributed by atoms with E-state index in [0.717, 1.165) is 5.56 Å². The molecule has 3 rings (SSSR count). The van der Waals surface area contributed by atoms with E-state index >= 15 is 0 Å². The van der Waals surface area contributed by atoms with Crippen molar-refractivity contribution in [3.05, 3.63) is 75.4 Å². The Morgan fingerprint density at radius 3 is 2.61 bits per heavy atom. The molecule has 0 unspecified atom stereocenters. The van der Waals surface area contributed by atoms with E-state index in [2.05, 4.69) is 15.5 Å². The summed E-state index contributed by atoms with van der Waals surface area (Å²) in [5.74, 6) is 0.895. The van der Waals surface area contributed by atoms with E-state index in [4.69, 9.17) is 16.0 Å². The second-order valence-electron chi connectivity index (χ2n) is 4.76. The molecule has 3 aromatic rings. The van der Waals surface area contributed by atoms with Gasteiger partial charge in [0.15, 0.2) is 0 Å². The number of carbonyl (C=O) groups excluding carboxylic acids is 1. The van der Waals surface area contributed by atoms with Crippen molar-refractivity contribution in [2.45, 2.75) is 6.54 Å². The van der Waals surface area contributed by atoms with Crippen LogP contribution in [0.25, 0.3) is 11.3 Å². The summed E-state index contributed by atoms with van der Waals surface area (Å²) in [6.07, 6.45) is 0. The van der Waals surface area contributed by atoms with Crippen LogP contribution in [0.3, 0.4) is 0 Å². The number of H-pyrrole nitrogens is 1. The summed E-state index contributed by atoms with van der Waals surface area (Å²) in [5, 5.41) is 9.19. The Morgan fingerprint density at radius 1 is 1.13 bits per heavy atom. The lowest BCUT2D eigenvalue weighted by Crippen LogP contribution is -2.25. The zero-order valence-corrected chi connectivity index (χ0v) is 12.6. The third-order valence-electron chi connectivity index (χ3n) is 3.13. The van der Waals surface area contributed by atoms with Crippen LogP contribution in [-0.4, -0.2) is 16.1 Å². The molecule has 0 aliphatic rings. The maximum absolute atomic E-state index is 11.9. The highest BCUT2D eigenvalue weighted by molar-refractivity contribution is 6.30. The Hall–Kier alpha value is -2.86. The van der Waals surface area contributed by atoms with Crippen molar-refractivity contribution in [2.24, 2.45) is 0 Å². The maximum Gasteiger partial charge on any atom is 0.272 e. The lowest BCUT2D eigenvalue weighted by molar-refractivity contribution is 0.0942. The van der Waals surface area contributed by atoms with Gasteiger partial charge in [0.2, 0.25) is 0 Å². The van der Waals surface area contributed by atoms with Crippen LogP contribution in [0.2, 0.25) is 5.02 Å². The molecular formula is C16H12ClN3O3. The minimum atomic E-state index is -0.398. The molecule has 7 heteroatoms. The number of aromatic amines is 1. The van der Waals surface area contributed by atoms with Crippen LogP contribution in [0.15, 0.2) is 57.7 Å². The number of benzene rings is 1. The lowest BCUT2D eigenvalue weighted by atomic mass is 10.2. The first kappa shape index (κ1) is 15.1. The van der Waals surface area contributed by atoms with Crippen LogP contribution in [0, 0.1) is 0 Å². The molecule has 0 saturated heterocycles. The van der Waals surface area contributed by atoms with Gasteiger partial charge in [0.05, 0.1) is 6.54 Å². The number of hydrogen-bond donors (Lipinski definition) is 2. The molecule has 1 aromatic carbocycles. The Balaban J connectivity index is 1.65. The third-order valence-corrected chi connectivity index (χ3v) is 3.38. The van der Waals surface area contributed by atoms with E-state index in [1.807, 2.05) is 18.2 Å². The number of aromatic nitrogens is 2. The standard InChI is InChI=1S/C16H12ClN3O3/c17-11-3-1-10(2-4-11)14-7-5-12(23-14)9-18-16(22)13-6-8-15(21)20-19-13/h1-8H,9H2,(H,18,22)(H,20,21). The molecule has 1 amide bonds. The molecule has 0 spiro atoms. The molecule has 2 heterocycles. The molecule has 23 heavy (non-hydrogen) atoms. The summed E-state index contributed by atoms with van der Waals surface area (Å²) in [6.45, 7) is 0.216. The van der Waals surface area contributed by atoms with Crippen molar-refractivity contribution in [1.29, 1.82) is 0 Å². The van der Waals surface area contributed by atoms with Gasteiger partial charge in [-0.15, -0.1) is 0 Å². The minimum absolute atomic E-state index is 0.133. The summed E-state index contributed by atoms with van der Waals surface area (Å²) in [4.78, 5) is 22.8. The van der Waals surface area contributed by atoms with E-state index in [-0.39, 0.29) is 17.8 Å². The summed E-state index contributed by atoms with van der Waals surface area (Å²) in [7, 11) is 0. The van der Waals surface area contributed by atoms with Crippen LogP contribution in [0.1, 0.15) is 16.2 Å². The Bertz CT molecular complexity index is 864. The fourth-order valence-electron chi connectivity index (χ4n) is 1.97. The highest BCUT2D eigenvalue weighted by Crippen LogP contribution is 2.23. The molecule has 2 N–H and O–H groups in total. The smallest absolute Gasteiger partial charge is 0.272 e. The summed E-state index contributed by atoms with van der Waals surface area (Å²) < 4.78 is 5.68. The van der Waals surface area contributed by atoms with Crippen LogP contribution in [0.4, 0.5) is 0 Å². The average molecular weight is 330 g/mol. The van der Waals surface area contributed by atoms with Crippen molar-refractivity contribution < 1.29 is 9.21 Å². The first-order chi connectivity index (χ1) is 11.1. The van der Waals surface area contributed by atoms with Crippen molar-refractivity contribution >= 4 is 17.5 Å².